The lowest BCUT2D eigenvalue weighted by Crippen LogP contribution is -2.47. The molecule has 1 aromatic carbocycles. The predicted molar refractivity (Wildman–Crippen MR) is 76.8 cm³/mol. The highest BCUT2D eigenvalue weighted by Crippen LogP contribution is 2.49. The standard InChI is InChI=1S/C16H17FN2O3/c17-12-1-2-14(10(5-12)8-18)19-9-13-3-4-16(22-13)6-11(7-16)15(20)21/h1-2,5,11,13,19H,3-4,6-7,9H2,(H,20,21). The second-order valence-electron chi connectivity index (χ2n) is 6.09. The van der Waals surface area contributed by atoms with E-state index in [2.05, 4.69) is 5.32 Å². The van der Waals surface area contributed by atoms with Crippen molar-refractivity contribution in [3.05, 3.63) is 29.6 Å². The molecule has 1 saturated heterocycles. The van der Waals surface area contributed by atoms with E-state index in [4.69, 9.17) is 15.1 Å². The van der Waals surface area contributed by atoms with Gasteiger partial charge in [0, 0.05) is 6.54 Å². The highest BCUT2D eigenvalue weighted by Gasteiger charge is 2.52. The Labute approximate surface area is 127 Å². The Morgan fingerprint density at radius 2 is 2.32 bits per heavy atom. The van der Waals surface area contributed by atoms with E-state index in [1.54, 1.807) is 6.07 Å². The maximum atomic E-state index is 13.1. The first-order chi connectivity index (χ1) is 10.5. The van der Waals surface area contributed by atoms with Gasteiger partial charge in [0.1, 0.15) is 11.9 Å². The van der Waals surface area contributed by atoms with Crippen LogP contribution < -0.4 is 5.32 Å². The topological polar surface area (TPSA) is 82.4 Å². The summed E-state index contributed by atoms with van der Waals surface area (Å²) in [7, 11) is 0. The van der Waals surface area contributed by atoms with Crippen LogP contribution in [0.25, 0.3) is 0 Å². The minimum atomic E-state index is -0.749. The number of nitrogens with zero attached hydrogens (tertiary/aromatic N) is 1. The average Bonchev–Trinajstić information content (AvgIpc) is 2.88. The molecule has 2 N–H and O–H groups in total. The largest absolute Gasteiger partial charge is 0.481 e. The number of rotatable bonds is 4. The van der Waals surface area contributed by atoms with Gasteiger partial charge in [-0.05, 0) is 43.9 Å². The number of hydrogen-bond donors (Lipinski definition) is 2. The lowest BCUT2D eigenvalue weighted by atomic mass is 9.69. The van der Waals surface area contributed by atoms with Gasteiger partial charge in [0.15, 0.2) is 0 Å². The highest BCUT2D eigenvalue weighted by molar-refractivity contribution is 5.71. The smallest absolute Gasteiger partial charge is 0.306 e. The van der Waals surface area contributed by atoms with Crippen LogP contribution in [-0.2, 0) is 9.53 Å². The van der Waals surface area contributed by atoms with E-state index >= 15 is 0 Å². The Kier molecular flexibility index (Phi) is 3.75. The third-order valence-corrected chi connectivity index (χ3v) is 4.55. The number of carboxylic acids is 1. The summed E-state index contributed by atoms with van der Waals surface area (Å²) in [6.07, 6.45) is 2.89. The molecule has 22 heavy (non-hydrogen) atoms. The van der Waals surface area contributed by atoms with Crippen molar-refractivity contribution in [2.24, 2.45) is 5.92 Å². The fourth-order valence-electron chi connectivity index (χ4n) is 3.34. The van der Waals surface area contributed by atoms with E-state index in [1.165, 1.54) is 12.1 Å². The van der Waals surface area contributed by atoms with Crippen molar-refractivity contribution in [1.82, 2.24) is 0 Å². The molecule has 0 amide bonds. The number of anilines is 1. The lowest BCUT2D eigenvalue weighted by Gasteiger charge is -2.42. The number of nitrogens with one attached hydrogen (secondary N) is 1. The number of carbonyl (C=O) groups is 1. The van der Waals surface area contributed by atoms with E-state index in [0.717, 1.165) is 12.8 Å². The zero-order chi connectivity index (χ0) is 15.7. The van der Waals surface area contributed by atoms with E-state index in [1.807, 2.05) is 6.07 Å². The van der Waals surface area contributed by atoms with Crippen LogP contribution in [0.3, 0.4) is 0 Å². The fourth-order valence-corrected chi connectivity index (χ4v) is 3.34. The summed E-state index contributed by atoms with van der Waals surface area (Å²) in [5.74, 6) is -1.47. The molecule has 2 aliphatic rings. The van der Waals surface area contributed by atoms with Gasteiger partial charge in [-0.25, -0.2) is 4.39 Å². The quantitative estimate of drug-likeness (QED) is 0.893. The average molecular weight is 304 g/mol. The molecule has 116 valence electrons. The maximum Gasteiger partial charge on any atom is 0.306 e. The first kappa shape index (κ1) is 14.8. The van der Waals surface area contributed by atoms with Crippen LogP contribution in [0.4, 0.5) is 10.1 Å². The molecule has 0 bridgehead atoms. The minimum Gasteiger partial charge on any atom is -0.481 e. The molecule has 1 spiro atoms. The van der Waals surface area contributed by atoms with Crippen molar-refractivity contribution in [3.8, 4) is 6.07 Å². The Bertz CT molecular complexity index is 635. The predicted octanol–water partition coefficient (Wildman–Crippen LogP) is 2.52. The van der Waals surface area contributed by atoms with Gasteiger partial charge in [0.05, 0.1) is 28.9 Å². The summed E-state index contributed by atoms with van der Waals surface area (Å²) >= 11 is 0. The van der Waals surface area contributed by atoms with Crippen LogP contribution in [-0.4, -0.2) is 29.3 Å². The van der Waals surface area contributed by atoms with Crippen LogP contribution in [0, 0.1) is 23.1 Å². The van der Waals surface area contributed by atoms with Crippen molar-refractivity contribution in [2.45, 2.75) is 37.4 Å². The summed E-state index contributed by atoms with van der Waals surface area (Å²) in [5.41, 5.74) is 0.587. The Balaban J connectivity index is 1.54. The summed E-state index contributed by atoms with van der Waals surface area (Å²) in [4.78, 5) is 10.9. The third-order valence-electron chi connectivity index (χ3n) is 4.55. The normalized spacial score (nSPS) is 29.8. The lowest BCUT2D eigenvalue weighted by molar-refractivity contribution is -0.164. The second kappa shape index (κ2) is 5.58. The third kappa shape index (κ3) is 2.77. The molecule has 1 aromatic rings. The van der Waals surface area contributed by atoms with E-state index in [9.17, 15) is 9.18 Å². The van der Waals surface area contributed by atoms with Crippen LogP contribution >= 0.6 is 0 Å². The molecule has 2 fully saturated rings. The van der Waals surface area contributed by atoms with Gasteiger partial charge in [-0.3, -0.25) is 4.79 Å². The van der Waals surface area contributed by atoms with Crippen molar-refractivity contribution in [2.75, 3.05) is 11.9 Å². The molecule has 0 aromatic heterocycles. The molecule has 1 saturated carbocycles. The molecule has 6 heteroatoms. The molecule has 1 aliphatic carbocycles. The van der Waals surface area contributed by atoms with Crippen LogP contribution in [0.2, 0.25) is 0 Å². The first-order valence-electron chi connectivity index (χ1n) is 7.35. The number of benzene rings is 1. The highest BCUT2D eigenvalue weighted by atomic mass is 19.1. The van der Waals surface area contributed by atoms with E-state index in [0.29, 0.717) is 25.1 Å². The van der Waals surface area contributed by atoms with Gasteiger partial charge in [-0.15, -0.1) is 0 Å². The number of aliphatic carboxylic acids is 1. The molecule has 1 unspecified atom stereocenters. The Morgan fingerprint density at radius 1 is 1.55 bits per heavy atom. The number of hydrogen-bond acceptors (Lipinski definition) is 4. The van der Waals surface area contributed by atoms with E-state index in [-0.39, 0.29) is 23.2 Å². The maximum absolute atomic E-state index is 13.1. The monoisotopic (exact) mass is 304 g/mol. The number of halogens is 1. The fraction of sp³-hybridized carbons (Fsp3) is 0.500. The van der Waals surface area contributed by atoms with Gasteiger partial charge >= 0.3 is 5.97 Å². The zero-order valence-electron chi connectivity index (χ0n) is 12.0. The summed E-state index contributed by atoms with van der Waals surface area (Å²) in [6.45, 7) is 0.528. The Hall–Kier alpha value is -2.13. The molecule has 3 rings (SSSR count). The van der Waals surface area contributed by atoms with Crippen LogP contribution in [0.1, 0.15) is 31.2 Å². The number of carboxylic acid groups (broad SMARTS) is 1. The molecular formula is C16H17FN2O3. The van der Waals surface area contributed by atoms with Gasteiger partial charge < -0.3 is 15.2 Å². The number of ether oxygens (including phenoxy) is 1. The summed E-state index contributed by atoms with van der Waals surface area (Å²) in [5, 5.41) is 21.1. The first-order valence-corrected chi connectivity index (χ1v) is 7.35. The molecule has 1 heterocycles. The van der Waals surface area contributed by atoms with Gasteiger partial charge in [0.2, 0.25) is 0 Å². The second-order valence-corrected chi connectivity index (χ2v) is 6.09. The van der Waals surface area contributed by atoms with E-state index < -0.39 is 11.8 Å². The van der Waals surface area contributed by atoms with Gasteiger partial charge in [-0.1, -0.05) is 0 Å². The molecule has 0 radical (unpaired) electrons. The summed E-state index contributed by atoms with van der Waals surface area (Å²) in [6, 6.07) is 6.01. The molecule has 1 atom stereocenters. The minimum absolute atomic E-state index is 0.00802. The van der Waals surface area contributed by atoms with Gasteiger partial charge in [-0.2, -0.15) is 5.26 Å². The van der Waals surface area contributed by atoms with Gasteiger partial charge in [0.25, 0.3) is 0 Å². The molecule has 1 aliphatic heterocycles. The van der Waals surface area contributed by atoms with Crippen LogP contribution in [0.5, 0.6) is 0 Å². The van der Waals surface area contributed by atoms with Crippen molar-refractivity contribution >= 4 is 11.7 Å². The summed E-state index contributed by atoms with van der Waals surface area (Å²) < 4.78 is 19.1. The Morgan fingerprint density at radius 3 is 3.00 bits per heavy atom. The van der Waals surface area contributed by atoms with Crippen molar-refractivity contribution in [3.63, 3.8) is 0 Å². The van der Waals surface area contributed by atoms with Crippen molar-refractivity contribution < 1.29 is 19.0 Å². The number of nitriles is 1. The molecule has 5 nitrogen and oxygen atoms in total. The van der Waals surface area contributed by atoms with Crippen LogP contribution in [0.15, 0.2) is 18.2 Å². The molecular weight excluding hydrogens is 287 g/mol. The van der Waals surface area contributed by atoms with Crippen molar-refractivity contribution in [1.29, 1.82) is 5.26 Å². The zero-order valence-corrected chi connectivity index (χ0v) is 12.0. The SMILES string of the molecule is N#Cc1cc(F)ccc1NCC1CCC2(CC(C(=O)O)C2)O1.